The van der Waals surface area contributed by atoms with Crippen molar-refractivity contribution in [2.75, 3.05) is 13.0 Å². The highest BCUT2D eigenvalue weighted by molar-refractivity contribution is 7.98. The van der Waals surface area contributed by atoms with Crippen molar-refractivity contribution in [2.45, 2.75) is 10.9 Å². The third kappa shape index (κ3) is 3.18. The molecule has 8 heteroatoms. The Kier molecular flexibility index (Phi) is 4.92. The predicted molar refractivity (Wildman–Crippen MR) is 93.1 cm³/mol. The standard InChI is InChI=1S/C16H14ClFN4OS/c1-23-14-8-3-2-5-10(14)15-20-21-16(22(15)19)24-9-11-12(17)6-4-7-13(11)18/h2-8H,9,19H2,1H3. The highest BCUT2D eigenvalue weighted by atomic mass is 35.5. The molecule has 3 aromatic rings. The van der Waals surface area contributed by atoms with Gasteiger partial charge in [0.15, 0.2) is 5.82 Å². The Morgan fingerprint density at radius 1 is 1.21 bits per heavy atom. The van der Waals surface area contributed by atoms with E-state index in [1.807, 2.05) is 24.3 Å². The Labute approximate surface area is 147 Å². The monoisotopic (exact) mass is 364 g/mol. The van der Waals surface area contributed by atoms with Gasteiger partial charge in [0.05, 0.1) is 12.7 Å². The topological polar surface area (TPSA) is 66.0 Å². The average Bonchev–Trinajstić information content (AvgIpc) is 2.95. The lowest BCUT2D eigenvalue weighted by Crippen LogP contribution is -2.12. The van der Waals surface area contributed by atoms with E-state index in [0.29, 0.717) is 33.1 Å². The van der Waals surface area contributed by atoms with Gasteiger partial charge in [0, 0.05) is 16.3 Å². The third-order valence-corrected chi connectivity index (χ3v) is 4.74. The fourth-order valence-electron chi connectivity index (χ4n) is 2.20. The molecular weight excluding hydrogens is 351 g/mol. The van der Waals surface area contributed by atoms with Crippen LogP contribution in [0.25, 0.3) is 11.4 Å². The SMILES string of the molecule is COc1ccccc1-c1nnc(SCc2c(F)cccc2Cl)n1N. The number of para-hydroxylation sites is 1. The maximum atomic E-state index is 13.8. The highest BCUT2D eigenvalue weighted by Crippen LogP contribution is 2.31. The molecule has 0 fully saturated rings. The van der Waals surface area contributed by atoms with Crippen LogP contribution < -0.4 is 10.6 Å². The molecule has 0 aliphatic rings. The second-order valence-electron chi connectivity index (χ2n) is 4.87. The predicted octanol–water partition coefficient (Wildman–Crippen LogP) is 3.75. The summed E-state index contributed by atoms with van der Waals surface area (Å²) in [6.45, 7) is 0. The molecule has 0 atom stereocenters. The van der Waals surface area contributed by atoms with E-state index in [-0.39, 0.29) is 5.82 Å². The van der Waals surface area contributed by atoms with Gasteiger partial charge in [0.1, 0.15) is 11.6 Å². The molecule has 0 unspecified atom stereocenters. The highest BCUT2D eigenvalue weighted by Gasteiger charge is 2.16. The minimum absolute atomic E-state index is 0.298. The Balaban J connectivity index is 1.86. The summed E-state index contributed by atoms with van der Waals surface area (Å²) in [6.07, 6.45) is 0. The van der Waals surface area contributed by atoms with Gasteiger partial charge < -0.3 is 10.6 Å². The number of ether oxygens (including phenoxy) is 1. The number of benzene rings is 2. The van der Waals surface area contributed by atoms with Crippen LogP contribution in [0.15, 0.2) is 47.6 Å². The lowest BCUT2D eigenvalue weighted by Gasteiger charge is -2.08. The van der Waals surface area contributed by atoms with Crippen LogP contribution in [-0.4, -0.2) is 22.0 Å². The second kappa shape index (κ2) is 7.11. The summed E-state index contributed by atoms with van der Waals surface area (Å²) >= 11 is 7.29. The molecule has 0 amide bonds. The molecule has 24 heavy (non-hydrogen) atoms. The zero-order valence-corrected chi connectivity index (χ0v) is 14.3. The van der Waals surface area contributed by atoms with Gasteiger partial charge in [-0.1, -0.05) is 41.6 Å². The molecular formula is C16H14ClFN4OS. The summed E-state index contributed by atoms with van der Waals surface area (Å²) in [7, 11) is 1.58. The van der Waals surface area contributed by atoms with Gasteiger partial charge in [-0.3, -0.25) is 0 Å². The van der Waals surface area contributed by atoms with E-state index < -0.39 is 0 Å². The van der Waals surface area contributed by atoms with Gasteiger partial charge in [-0.25, -0.2) is 9.07 Å². The van der Waals surface area contributed by atoms with Gasteiger partial charge in [0.2, 0.25) is 5.16 Å². The Morgan fingerprint density at radius 2 is 2.00 bits per heavy atom. The molecule has 0 bridgehead atoms. The van der Waals surface area contributed by atoms with E-state index in [1.165, 1.54) is 22.5 Å². The fraction of sp³-hybridized carbons (Fsp3) is 0.125. The molecule has 5 nitrogen and oxygen atoms in total. The minimum atomic E-state index is -0.358. The molecule has 0 saturated carbocycles. The fourth-order valence-corrected chi connectivity index (χ4v) is 3.40. The number of aromatic nitrogens is 3. The lowest BCUT2D eigenvalue weighted by molar-refractivity contribution is 0.416. The molecule has 2 aromatic carbocycles. The van der Waals surface area contributed by atoms with Crippen molar-refractivity contribution >= 4 is 23.4 Å². The van der Waals surface area contributed by atoms with E-state index in [0.717, 1.165) is 5.56 Å². The van der Waals surface area contributed by atoms with Crippen molar-refractivity contribution in [1.82, 2.24) is 14.9 Å². The van der Waals surface area contributed by atoms with Gasteiger partial charge >= 0.3 is 0 Å². The van der Waals surface area contributed by atoms with Crippen LogP contribution in [-0.2, 0) is 5.75 Å². The van der Waals surface area contributed by atoms with Gasteiger partial charge in [-0.05, 0) is 24.3 Å². The number of rotatable bonds is 5. The molecule has 0 spiro atoms. The molecule has 0 radical (unpaired) electrons. The summed E-state index contributed by atoms with van der Waals surface area (Å²) in [5.74, 6) is 7.14. The van der Waals surface area contributed by atoms with Crippen LogP contribution in [0, 0.1) is 5.82 Å². The maximum Gasteiger partial charge on any atom is 0.210 e. The maximum absolute atomic E-state index is 13.8. The first-order chi connectivity index (χ1) is 11.6. The number of nitrogens with two attached hydrogens (primary N) is 1. The smallest absolute Gasteiger partial charge is 0.210 e. The second-order valence-corrected chi connectivity index (χ2v) is 6.22. The quantitative estimate of drug-likeness (QED) is 0.551. The number of thioether (sulfide) groups is 1. The molecule has 0 aliphatic carbocycles. The average molecular weight is 365 g/mol. The molecule has 3 rings (SSSR count). The number of halogens is 2. The number of hydrogen-bond donors (Lipinski definition) is 1. The van der Waals surface area contributed by atoms with Crippen LogP contribution in [0.1, 0.15) is 5.56 Å². The number of nitrogen functional groups attached to an aromatic ring is 1. The summed E-state index contributed by atoms with van der Waals surface area (Å²) in [5.41, 5.74) is 1.14. The van der Waals surface area contributed by atoms with Crippen LogP contribution in [0.5, 0.6) is 5.75 Å². The van der Waals surface area contributed by atoms with Gasteiger partial charge in [-0.2, -0.15) is 0 Å². The molecule has 1 aromatic heterocycles. The summed E-state index contributed by atoms with van der Waals surface area (Å²) in [6, 6.07) is 12.0. The molecule has 2 N–H and O–H groups in total. The first-order valence-corrected chi connectivity index (χ1v) is 8.37. The van der Waals surface area contributed by atoms with Crippen LogP contribution in [0.3, 0.4) is 0 Å². The largest absolute Gasteiger partial charge is 0.496 e. The zero-order chi connectivity index (χ0) is 17.1. The van der Waals surface area contributed by atoms with Crippen molar-refractivity contribution in [3.63, 3.8) is 0 Å². The lowest BCUT2D eigenvalue weighted by atomic mass is 10.2. The first kappa shape index (κ1) is 16.6. The zero-order valence-electron chi connectivity index (χ0n) is 12.7. The van der Waals surface area contributed by atoms with Crippen molar-refractivity contribution in [3.8, 4) is 17.1 Å². The van der Waals surface area contributed by atoms with E-state index in [9.17, 15) is 4.39 Å². The normalized spacial score (nSPS) is 10.8. The van der Waals surface area contributed by atoms with Gasteiger partial charge in [-0.15, -0.1) is 10.2 Å². The van der Waals surface area contributed by atoms with E-state index >= 15 is 0 Å². The van der Waals surface area contributed by atoms with Crippen molar-refractivity contribution in [2.24, 2.45) is 0 Å². The summed E-state index contributed by atoms with van der Waals surface area (Å²) in [4.78, 5) is 0. The van der Waals surface area contributed by atoms with Crippen LogP contribution in [0.2, 0.25) is 5.02 Å². The summed E-state index contributed by atoms with van der Waals surface area (Å²) in [5, 5.41) is 9.01. The van der Waals surface area contributed by atoms with Crippen LogP contribution in [0.4, 0.5) is 4.39 Å². The molecule has 0 saturated heterocycles. The Bertz CT molecular complexity index is 851. The molecule has 0 aliphatic heterocycles. The van der Waals surface area contributed by atoms with E-state index in [1.54, 1.807) is 19.2 Å². The molecule has 124 valence electrons. The van der Waals surface area contributed by atoms with Crippen LogP contribution >= 0.6 is 23.4 Å². The number of methoxy groups -OCH3 is 1. The van der Waals surface area contributed by atoms with E-state index in [4.69, 9.17) is 22.2 Å². The van der Waals surface area contributed by atoms with Crippen molar-refractivity contribution in [3.05, 3.63) is 58.9 Å². The molecule has 1 heterocycles. The number of hydrogen-bond acceptors (Lipinski definition) is 5. The number of nitrogens with zero attached hydrogens (tertiary/aromatic N) is 3. The Morgan fingerprint density at radius 3 is 2.75 bits per heavy atom. The third-order valence-electron chi connectivity index (χ3n) is 3.42. The summed E-state index contributed by atoms with van der Waals surface area (Å²) < 4.78 is 20.5. The van der Waals surface area contributed by atoms with E-state index in [2.05, 4.69) is 10.2 Å². The minimum Gasteiger partial charge on any atom is -0.496 e. The van der Waals surface area contributed by atoms with Crippen molar-refractivity contribution in [1.29, 1.82) is 0 Å². The van der Waals surface area contributed by atoms with Crippen molar-refractivity contribution < 1.29 is 9.13 Å². The first-order valence-electron chi connectivity index (χ1n) is 7.01. The Hall–Kier alpha value is -2.25. The van der Waals surface area contributed by atoms with Gasteiger partial charge in [0.25, 0.3) is 0 Å².